The van der Waals surface area contributed by atoms with Gasteiger partial charge in [0.05, 0.1) is 5.69 Å². The third-order valence-corrected chi connectivity index (χ3v) is 5.41. The molecule has 0 amide bonds. The molecule has 1 aliphatic rings. The molecule has 2 aromatic rings. The van der Waals surface area contributed by atoms with Gasteiger partial charge in [0.1, 0.15) is 5.82 Å². The average Bonchev–Trinajstić information content (AvgIpc) is 2.95. The molecule has 0 bridgehead atoms. The van der Waals surface area contributed by atoms with E-state index in [-0.39, 0.29) is 0 Å². The van der Waals surface area contributed by atoms with Gasteiger partial charge in [-0.2, -0.15) is 5.10 Å². The number of guanidine groups is 1. The first-order valence-electron chi connectivity index (χ1n) is 9.80. The van der Waals surface area contributed by atoms with Crippen molar-refractivity contribution in [3.8, 4) is 0 Å². The Morgan fingerprint density at radius 3 is 2.36 bits per heavy atom. The number of pyridine rings is 1. The predicted molar refractivity (Wildman–Crippen MR) is 114 cm³/mol. The van der Waals surface area contributed by atoms with E-state index in [9.17, 15) is 0 Å². The summed E-state index contributed by atoms with van der Waals surface area (Å²) in [7, 11) is 5.92. The Hall–Kier alpha value is -2.61. The van der Waals surface area contributed by atoms with E-state index in [4.69, 9.17) is 0 Å². The number of likely N-dealkylation sites (N-methyl/N-ethyl adjacent to an activating group) is 1. The van der Waals surface area contributed by atoms with E-state index in [0.717, 1.165) is 49.2 Å². The van der Waals surface area contributed by atoms with Crippen LogP contribution >= 0.6 is 0 Å². The Morgan fingerprint density at radius 1 is 1.07 bits per heavy atom. The summed E-state index contributed by atoms with van der Waals surface area (Å²) in [6.07, 6.45) is 1.95. The van der Waals surface area contributed by atoms with Crippen molar-refractivity contribution in [2.45, 2.75) is 26.9 Å². The summed E-state index contributed by atoms with van der Waals surface area (Å²) in [5.74, 6) is 1.83. The molecule has 1 aliphatic heterocycles. The minimum absolute atomic E-state index is 0.681. The molecule has 2 N–H and O–H groups in total. The normalized spacial score (nSPS) is 15.8. The van der Waals surface area contributed by atoms with Crippen LogP contribution in [-0.2, 0) is 20.1 Å². The lowest BCUT2D eigenvalue weighted by molar-refractivity contribution is 0.312. The van der Waals surface area contributed by atoms with Crippen LogP contribution in [0.2, 0.25) is 0 Å². The maximum atomic E-state index is 4.65. The Labute approximate surface area is 167 Å². The van der Waals surface area contributed by atoms with Gasteiger partial charge >= 0.3 is 0 Å². The molecule has 0 unspecified atom stereocenters. The average molecular weight is 385 g/mol. The van der Waals surface area contributed by atoms with E-state index in [0.29, 0.717) is 13.1 Å². The van der Waals surface area contributed by atoms with E-state index in [1.807, 2.05) is 24.9 Å². The Morgan fingerprint density at radius 2 is 1.79 bits per heavy atom. The summed E-state index contributed by atoms with van der Waals surface area (Å²) < 4.78 is 1.91. The number of aromatic nitrogens is 3. The van der Waals surface area contributed by atoms with Gasteiger partial charge in [0.15, 0.2) is 5.96 Å². The number of rotatable bonds is 5. The van der Waals surface area contributed by atoms with Crippen LogP contribution in [0.25, 0.3) is 0 Å². The van der Waals surface area contributed by atoms with Crippen molar-refractivity contribution in [2.75, 3.05) is 45.2 Å². The first-order chi connectivity index (χ1) is 13.5. The highest BCUT2D eigenvalue weighted by Crippen LogP contribution is 2.14. The highest BCUT2D eigenvalue weighted by molar-refractivity contribution is 5.79. The van der Waals surface area contributed by atoms with Gasteiger partial charge in [-0.15, -0.1) is 0 Å². The molecule has 0 radical (unpaired) electrons. The number of anilines is 1. The third-order valence-electron chi connectivity index (χ3n) is 5.41. The zero-order chi connectivity index (χ0) is 20.1. The largest absolute Gasteiger partial charge is 0.354 e. The molecule has 3 rings (SSSR count). The lowest BCUT2D eigenvalue weighted by atomic mass is 10.2. The van der Waals surface area contributed by atoms with Gasteiger partial charge in [-0.1, -0.05) is 6.07 Å². The van der Waals surface area contributed by atoms with Crippen LogP contribution in [-0.4, -0.2) is 65.9 Å². The van der Waals surface area contributed by atoms with Crippen LogP contribution in [0, 0.1) is 13.8 Å². The van der Waals surface area contributed by atoms with Crippen LogP contribution < -0.4 is 15.5 Å². The Bertz CT molecular complexity index is 800. The van der Waals surface area contributed by atoms with Crippen LogP contribution in [0.5, 0.6) is 0 Å². The van der Waals surface area contributed by atoms with Gasteiger partial charge in [-0.25, -0.2) is 4.98 Å². The molecule has 152 valence electrons. The molecule has 0 saturated carbocycles. The summed E-state index contributed by atoms with van der Waals surface area (Å²) in [4.78, 5) is 13.7. The van der Waals surface area contributed by atoms with Crippen LogP contribution in [0.15, 0.2) is 23.3 Å². The number of aliphatic imine (C=N–C) groups is 1. The van der Waals surface area contributed by atoms with Crippen molar-refractivity contribution in [1.29, 1.82) is 0 Å². The second-order valence-corrected chi connectivity index (χ2v) is 7.37. The number of piperazine rings is 1. The fourth-order valence-corrected chi connectivity index (χ4v) is 3.40. The summed E-state index contributed by atoms with van der Waals surface area (Å²) in [6.45, 7) is 9.74. The zero-order valence-corrected chi connectivity index (χ0v) is 17.7. The minimum atomic E-state index is 0.681. The highest BCUT2D eigenvalue weighted by atomic mass is 15.3. The number of hydrogen-bond donors (Lipinski definition) is 2. The van der Waals surface area contributed by atoms with Gasteiger partial charge in [0, 0.05) is 70.8 Å². The summed E-state index contributed by atoms with van der Waals surface area (Å²) in [5, 5.41) is 11.2. The van der Waals surface area contributed by atoms with Gasteiger partial charge in [-0.3, -0.25) is 9.67 Å². The van der Waals surface area contributed by atoms with Gasteiger partial charge in [-0.05, 0) is 32.5 Å². The zero-order valence-electron chi connectivity index (χ0n) is 17.7. The summed E-state index contributed by atoms with van der Waals surface area (Å²) in [6, 6.07) is 4.25. The van der Waals surface area contributed by atoms with Crippen LogP contribution in [0.3, 0.4) is 0 Å². The second kappa shape index (κ2) is 9.05. The monoisotopic (exact) mass is 384 g/mol. The van der Waals surface area contributed by atoms with E-state index in [1.54, 1.807) is 7.05 Å². The highest BCUT2D eigenvalue weighted by Gasteiger charge is 2.15. The molecule has 0 aliphatic carbocycles. The van der Waals surface area contributed by atoms with E-state index < -0.39 is 0 Å². The molecule has 0 atom stereocenters. The number of nitrogens with zero attached hydrogens (tertiary/aromatic N) is 6. The lowest BCUT2D eigenvalue weighted by Gasteiger charge is -2.33. The molecule has 0 spiro atoms. The molecular weight excluding hydrogens is 352 g/mol. The second-order valence-electron chi connectivity index (χ2n) is 7.37. The molecule has 1 saturated heterocycles. The maximum Gasteiger partial charge on any atom is 0.191 e. The van der Waals surface area contributed by atoms with Crippen molar-refractivity contribution >= 4 is 11.8 Å². The molecule has 0 aromatic carbocycles. The van der Waals surface area contributed by atoms with Crippen molar-refractivity contribution in [1.82, 2.24) is 30.3 Å². The van der Waals surface area contributed by atoms with E-state index >= 15 is 0 Å². The molecular formula is C20H32N8. The first kappa shape index (κ1) is 20.1. The third kappa shape index (κ3) is 4.81. The van der Waals surface area contributed by atoms with Gasteiger partial charge < -0.3 is 20.4 Å². The van der Waals surface area contributed by atoms with E-state index in [1.165, 1.54) is 11.3 Å². The molecule has 8 nitrogen and oxygen atoms in total. The molecule has 3 heterocycles. The molecule has 1 fully saturated rings. The molecule has 8 heteroatoms. The van der Waals surface area contributed by atoms with Gasteiger partial charge in [0.2, 0.25) is 0 Å². The standard InChI is InChI=1S/C20H32N8/c1-15-18(16(2)27(5)25-15)14-24-20(21-3)23-13-17-6-7-19(22-12-17)28-10-8-26(4)9-11-28/h6-7,12H,8-11,13-14H2,1-5H3,(H2,21,23,24). The summed E-state index contributed by atoms with van der Waals surface area (Å²) >= 11 is 0. The number of nitrogens with one attached hydrogen (secondary N) is 2. The van der Waals surface area contributed by atoms with Crippen molar-refractivity contribution in [3.63, 3.8) is 0 Å². The van der Waals surface area contributed by atoms with Crippen molar-refractivity contribution < 1.29 is 0 Å². The smallest absolute Gasteiger partial charge is 0.191 e. The van der Waals surface area contributed by atoms with Gasteiger partial charge in [0.25, 0.3) is 0 Å². The van der Waals surface area contributed by atoms with E-state index in [2.05, 4.69) is 61.6 Å². The lowest BCUT2D eigenvalue weighted by Crippen LogP contribution is -2.44. The summed E-state index contributed by atoms with van der Waals surface area (Å²) in [5.41, 5.74) is 4.56. The quantitative estimate of drug-likeness (QED) is 0.593. The number of aryl methyl sites for hydroxylation is 2. The molecule has 2 aromatic heterocycles. The Kier molecular flexibility index (Phi) is 6.51. The maximum absolute atomic E-state index is 4.65. The minimum Gasteiger partial charge on any atom is -0.354 e. The fourth-order valence-electron chi connectivity index (χ4n) is 3.40. The Balaban J connectivity index is 1.51. The van der Waals surface area contributed by atoms with Crippen molar-refractivity contribution in [3.05, 3.63) is 40.8 Å². The topological polar surface area (TPSA) is 73.6 Å². The fraction of sp³-hybridized carbons (Fsp3) is 0.550. The first-order valence-corrected chi connectivity index (χ1v) is 9.80. The van der Waals surface area contributed by atoms with Crippen LogP contribution in [0.4, 0.5) is 5.82 Å². The van der Waals surface area contributed by atoms with Crippen LogP contribution in [0.1, 0.15) is 22.5 Å². The van der Waals surface area contributed by atoms with Crippen molar-refractivity contribution in [2.24, 2.45) is 12.0 Å². The predicted octanol–water partition coefficient (Wildman–Crippen LogP) is 1.05. The molecule has 28 heavy (non-hydrogen) atoms. The number of hydrogen-bond acceptors (Lipinski definition) is 5. The SMILES string of the molecule is CN=C(NCc1ccc(N2CCN(C)CC2)nc1)NCc1c(C)nn(C)c1C.